The summed E-state index contributed by atoms with van der Waals surface area (Å²) >= 11 is 0. The van der Waals surface area contributed by atoms with Crippen molar-refractivity contribution in [2.24, 2.45) is 0 Å². The molecule has 0 unspecified atom stereocenters. The number of nitrogens with one attached hydrogen (secondary N) is 1. The zero-order valence-corrected chi connectivity index (χ0v) is 16.5. The molecule has 0 saturated heterocycles. The molecule has 9 nitrogen and oxygen atoms in total. The Balaban J connectivity index is 1.62. The zero-order chi connectivity index (χ0) is 20.3. The summed E-state index contributed by atoms with van der Waals surface area (Å²) in [6.45, 7) is 3.74. The van der Waals surface area contributed by atoms with Gasteiger partial charge in [0.25, 0.3) is 5.69 Å². The van der Waals surface area contributed by atoms with E-state index in [0.29, 0.717) is 31.7 Å². The van der Waals surface area contributed by atoms with E-state index in [4.69, 9.17) is 4.74 Å². The van der Waals surface area contributed by atoms with E-state index in [2.05, 4.69) is 14.7 Å². The minimum absolute atomic E-state index is 0.0898. The fourth-order valence-electron chi connectivity index (χ4n) is 3.31. The van der Waals surface area contributed by atoms with Crippen molar-refractivity contribution < 1.29 is 18.1 Å². The first-order valence-electron chi connectivity index (χ1n) is 8.99. The van der Waals surface area contributed by atoms with Gasteiger partial charge in [-0.15, -0.1) is 0 Å². The monoisotopic (exact) mass is 406 g/mol. The van der Waals surface area contributed by atoms with Crippen molar-refractivity contribution in [1.29, 1.82) is 0 Å². The van der Waals surface area contributed by atoms with Crippen LogP contribution in [0.5, 0.6) is 6.01 Å². The molecule has 150 valence electrons. The van der Waals surface area contributed by atoms with Crippen molar-refractivity contribution >= 4 is 15.7 Å². The molecule has 1 saturated carbocycles. The Hall–Kier alpha value is -2.59. The predicted molar refractivity (Wildman–Crippen MR) is 102 cm³/mol. The van der Waals surface area contributed by atoms with Gasteiger partial charge in [-0.05, 0) is 51.7 Å². The molecule has 0 spiro atoms. The van der Waals surface area contributed by atoms with Gasteiger partial charge in [-0.25, -0.2) is 23.1 Å². The van der Waals surface area contributed by atoms with E-state index in [1.807, 2.05) is 19.9 Å². The third-order valence-electron chi connectivity index (χ3n) is 4.58. The van der Waals surface area contributed by atoms with E-state index in [1.165, 1.54) is 24.3 Å². The lowest BCUT2D eigenvalue weighted by Gasteiger charge is -2.28. The Labute approximate surface area is 163 Å². The lowest BCUT2D eigenvalue weighted by molar-refractivity contribution is -0.387. The molecule has 1 fully saturated rings. The average Bonchev–Trinajstić information content (AvgIpc) is 2.62. The van der Waals surface area contributed by atoms with E-state index in [0.717, 1.165) is 11.4 Å². The van der Waals surface area contributed by atoms with Crippen LogP contribution in [-0.2, 0) is 10.0 Å². The third kappa shape index (κ3) is 4.82. The van der Waals surface area contributed by atoms with E-state index < -0.39 is 20.6 Å². The Morgan fingerprint density at radius 3 is 2.32 bits per heavy atom. The Morgan fingerprint density at radius 1 is 1.11 bits per heavy atom. The number of sulfonamides is 1. The van der Waals surface area contributed by atoms with Gasteiger partial charge >= 0.3 is 6.01 Å². The first-order valence-corrected chi connectivity index (χ1v) is 10.5. The van der Waals surface area contributed by atoms with Crippen molar-refractivity contribution in [3.63, 3.8) is 0 Å². The number of aryl methyl sites for hydroxylation is 2. The Kier molecular flexibility index (Phi) is 5.90. The van der Waals surface area contributed by atoms with E-state index in [-0.39, 0.29) is 17.0 Å². The van der Waals surface area contributed by atoms with Crippen molar-refractivity contribution in [1.82, 2.24) is 14.7 Å². The topological polar surface area (TPSA) is 124 Å². The minimum Gasteiger partial charge on any atom is -0.460 e. The molecule has 0 bridgehead atoms. The molecule has 3 rings (SSSR count). The maximum atomic E-state index is 12.6. The molecule has 1 heterocycles. The van der Waals surface area contributed by atoms with Crippen LogP contribution in [0.4, 0.5) is 5.69 Å². The number of nitrogens with zero attached hydrogens (tertiary/aromatic N) is 3. The third-order valence-corrected chi connectivity index (χ3v) is 6.15. The average molecular weight is 406 g/mol. The van der Waals surface area contributed by atoms with Crippen LogP contribution in [0.1, 0.15) is 37.1 Å². The maximum Gasteiger partial charge on any atom is 0.317 e. The standard InChI is InChI=1S/C18H22N4O5S/c1-12-11-13(2)20-18(19-12)27-15-9-7-14(8-10-15)21-28(25,26)17-6-4-3-5-16(17)22(23)24/h3-6,11,14-15,21H,7-10H2,1-2H3. The molecular formula is C18H22N4O5S. The molecular weight excluding hydrogens is 384 g/mol. The summed E-state index contributed by atoms with van der Waals surface area (Å²) in [4.78, 5) is 18.6. The van der Waals surface area contributed by atoms with Gasteiger partial charge in [0.1, 0.15) is 6.10 Å². The van der Waals surface area contributed by atoms with Crippen molar-refractivity contribution in [3.8, 4) is 6.01 Å². The fraction of sp³-hybridized carbons (Fsp3) is 0.444. The number of nitro groups is 1. The number of nitro benzene ring substituents is 1. The molecule has 0 atom stereocenters. The van der Waals surface area contributed by atoms with Crippen molar-refractivity contribution in [2.75, 3.05) is 0 Å². The normalized spacial score (nSPS) is 19.9. The Bertz CT molecular complexity index is 951. The van der Waals surface area contributed by atoms with Crippen LogP contribution in [0.25, 0.3) is 0 Å². The molecule has 2 aromatic rings. The van der Waals surface area contributed by atoms with Crippen LogP contribution in [0, 0.1) is 24.0 Å². The predicted octanol–water partition coefficient (Wildman–Crippen LogP) is 2.67. The smallest absolute Gasteiger partial charge is 0.317 e. The second kappa shape index (κ2) is 8.19. The fourth-order valence-corrected chi connectivity index (χ4v) is 4.79. The van der Waals surface area contributed by atoms with Crippen LogP contribution in [-0.4, -0.2) is 35.5 Å². The molecule has 1 N–H and O–H groups in total. The Morgan fingerprint density at radius 2 is 1.71 bits per heavy atom. The number of aromatic nitrogens is 2. The molecule has 1 aromatic carbocycles. The molecule has 1 aliphatic rings. The minimum atomic E-state index is -3.98. The summed E-state index contributed by atoms with van der Waals surface area (Å²) in [5.41, 5.74) is 1.22. The highest BCUT2D eigenvalue weighted by Gasteiger charge is 2.30. The molecule has 1 aromatic heterocycles. The summed E-state index contributed by atoms with van der Waals surface area (Å²) in [5, 5.41) is 11.1. The number of hydrogen-bond donors (Lipinski definition) is 1. The first-order chi connectivity index (χ1) is 13.2. The summed E-state index contributed by atoms with van der Waals surface area (Å²) in [5.74, 6) is 0. The van der Waals surface area contributed by atoms with Gasteiger partial charge in [0.2, 0.25) is 10.0 Å². The zero-order valence-electron chi connectivity index (χ0n) is 15.7. The summed E-state index contributed by atoms with van der Waals surface area (Å²) in [7, 11) is -3.98. The largest absolute Gasteiger partial charge is 0.460 e. The lowest BCUT2D eigenvalue weighted by atomic mass is 9.94. The molecule has 28 heavy (non-hydrogen) atoms. The second-order valence-electron chi connectivity index (χ2n) is 6.87. The summed E-state index contributed by atoms with van der Waals surface area (Å²) < 4.78 is 33.6. The molecule has 0 radical (unpaired) electrons. The van der Waals surface area contributed by atoms with E-state index >= 15 is 0 Å². The van der Waals surface area contributed by atoms with Gasteiger partial charge in [0, 0.05) is 23.5 Å². The number of ether oxygens (including phenoxy) is 1. The quantitative estimate of drug-likeness (QED) is 0.577. The van der Waals surface area contributed by atoms with Gasteiger partial charge in [-0.2, -0.15) is 0 Å². The first kappa shape index (κ1) is 20.2. The highest BCUT2D eigenvalue weighted by molar-refractivity contribution is 7.89. The molecule has 0 aliphatic heterocycles. The summed E-state index contributed by atoms with van der Waals surface area (Å²) in [6, 6.07) is 7.23. The lowest BCUT2D eigenvalue weighted by Crippen LogP contribution is -2.40. The highest BCUT2D eigenvalue weighted by Crippen LogP contribution is 2.27. The van der Waals surface area contributed by atoms with Crippen LogP contribution in [0.15, 0.2) is 35.2 Å². The van der Waals surface area contributed by atoms with Crippen LogP contribution >= 0.6 is 0 Å². The molecule has 1 aliphatic carbocycles. The van der Waals surface area contributed by atoms with E-state index in [1.54, 1.807) is 0 Å². The van der Waals surface area contributed by atoms with Crippen LogP contribution < -0.4 is 9.46 Å². The second-order valence-corrected chi connectivity index (χ2v) is 8.55. The number of benzene rings is 1. The van der Waals surface area contributed by atoms with Crippen molar-refractivity contribution in [3.05, 3.63) is 51.8 Å². The molecule has 0 amide bonds. The molecule has 10 heteroatoms. The van der Waals surface area contributed by atoms with Crippen LogP contribution in [0.3, 0.4) is 0 Å². The van der Waals surface area contributed by atoms with Gasteiger partial charge in [0.05, 0.1) is 4.92 Å². The van der Waals surface area contributed by atoms with Gasteiger partial charge < -0.3 is 4.74 Å². The highest BCUT2D eigenvalue weighted by atomic mass is 32.2. The summed E-state index contributed by atoms with van der Waals surface area (Å²) in [6.07, 6.45) is 2.32. The van der Waals surface area contributed by atoms with E-state index in [9.17, 15) is 18.5 Å². The van der Waals surface area contributed by atoms with Gasteiger partial charge in [0.15, 0.2) is 4.90 Å². The van der Waals surface area contributed by atoms with Crippen molar-refractivity contribution in [2.45, 2.75) is 56.6 Å². The number of rotatable bonds is 6. The number of hydrogen-bond acceptors (Lipinski definition) is 7. The maximum absolute atomic E-state index is 12.6. The SMILES string of the molecule is Cc1cc(C)nc(OC2CCC(NS(=O)(=O)c3ccccc3[N+](=O)[O-])CC2)n1. The van der Waals surface area contributed by atoms with Crippen LogP contribution in [0.2, 0.25) is 0 Å². The van der Waals surface area contributed by atoms with Gasteiger partial charge in [-0.3, -0.25) is 10.1 Å². The van der Waals surface area contributed by atoms with Gasteiger partial charge in [-0.1, -0.05) is 12.1 Å². The number of para-hydroxylation sites is 1.